The second kappa shape index (κ2) is 2.21. The molecule has 0 aromatic rings. The first-order valence-electron chi connectivity index (χ1n) is 3.39. The molecule has 1 aliphatic heterocycles. The molecule has 10 heavy (non-hydrogen) atoms. The molecule has 0 fully saturated rings. The van der Waals surface area contributed by atoms with E-state index in [1.165, 1.54) is 5.70 Å². The predicted molar refractivity (Wildman–Crippen MR) is 39.0 cm³/mol. The van der Waals surface area contributed by atoms with Gasteiger partial charge in [0.25, 0.3) is 0 Å². The van der Waals surface area contributed by atoms with Crippen LogP contribution in [0, 0.1) is 0 Å². The summed E-state index contributed by atoms with van der Waals surface area (Å²) in [4.78, 5) is 0. The molecular weight excluding hydrogens is 126 g/mol. The molecule has 0 aromatic heterocycles. The Kier molecular flexibility index (Phi) is 1.24. The van der Waals surface area contributed by atoms with Gasteiger partial charge in [0, 0.05) is 11.3 Å². The van der Waals surface area contributed by atoms with Crippen molar-refractivity contribution < 1.29 is 4.74 Å². The van der Waals surface area contributed by atoms with E-state index in [9.17, 15) is 0 Å². The highest BCUT2D eigenvalue weighted by atomic mass is 16.5. The Morgan fingerprint density at radius 2 is 2.50 bits per heavy atom. The second-order valence-electron chi connectivity index (χ2n) is 2.32. The maximum atomic E-state index is 5.07. The van der Waals surface area contributed by atoms with Gasteiger partial charge < -0.3 is 10.1 Å². The van der Waals surface area contributed by atoms with E-state index in [0.717, 1.165) is 12.0 Å². The fraction of sp³-hybridized carbons (Fsp3) is 0.250. The third kappa shape index (κ3) is 0.817. The van der Waals surface area contributed by atoms with Crippen LogP contribution in [0.3, 0.4) is 0 Å². The van der Waals surface area contributed by atoms with Crippen molar-refractivity contribution in [3.05, 3.63) is 35.8 Å². The Morgan fingerprint density at radius 3 is 3.40 bits per heavy atom. The Bertz CT molecular complexity index is 225. The first-order valence-corrected chi connectivity index (χ1v) is 3.39. The van der Waals surface area contributed by atoms with E-state index in [1.807, 2.05) is 0 Å². The lowest BCUT2D eigenvalue weighted by atomic mass is 10.1. The molecule has 2 nitrogen and oxygen atoms in total. The zero-order chi connectivity index (χ0) is 6.81. The van der Waals surface area contributed by atoms with Crippen LogP contribution in [0.5, 0.6) is 0 Å². The summed E-state index contributed by atoms with van der Waals surface area (Å²) in [7, 11) is 0. The zero-order valence-corrected chi connectivity index (χ0v) is 5.63. The maximum absolute atomic E-state index is 5.07. The van der Waals surface area contributed by atoms with Gasteiger partial charge in [-0.25, -0.2) is 0 Å². The average molecular weight is 135 g/mol. The number of allylic oxidation sites excluding steroid dienone is 3. The van der Waals surface area contributed by atoms with E-state index in [1.54, 1.807) is 6.26 Å². The molecule has 2 aliphatic rings. The Labute approximate surface area is 59.9 Å². The number of fused-ring (bicyclic) bond motifs is 1. The minimum atomic E-state index is 0.600. The van der Waals surface area contributed by atoms with Crippen molar-refractivity contribution in [1.82, 2.24) is 5.32 Å². The highest BCUT2D eigenvalue weighted by Crippen LogP contribution is 2.17. The third-order valence-electron chi connectivity index (χ3n) is 1.62. The number of rotatable bonds is 0. The van der Waals surface area contributed by atoms with Crippen LogP contribution in [0.4, 0.5) is 0 Å². The molecule has 1 aliphatic carbocycles. The SMILES string of the molecule is C1=CC2=COCNC2=CC1. The van der Waals surface area contributed by atoms with E-state index in [2.05, 4.69) is 23.5 Å². The zero-order valence-electron chi connectivity index (χ0n) is 5.63. The summed E-state index contributed by atoms with van der Waals surface area (Å²) in [5, 5.41) is 3.14. The Balaban J connectivity index is 2.32. The van der Waals surface area contributed by atoms with E-state index in [0.29, 0.717) is 6.73 Å². The van der Waals surface area contributed by atoms with Crippen molar-refractivity contribution >= 4 is 0 Å². The van der Waals surface area contributed by atoms with Crippen LogP contribution in [0.1, 0.15) is 6.42 Å². The fourth-order valence-electron chi connectivity index (χ4n) is 1.12. The molecule has 2 heteroatoms. The molecule has 0 bridgehead atoms. The smallest absolute Gasteiger partial charge is 0.158 e. The molecule has 0 saturated carbocycles. The van der Waals surface area contributed by atoms with Crippen LogP contribution in [0.15, 0.2) is 35.8 Å². The molecule has 0 aromatic carbocycles. The molecule has 0 amide bonds. The number of ether oxygens (including phenoxy) is 1. The lowest BCUT2D eigenvalue weighted by Crippen LogP contribution is -2.22. The fourth-order valence-corrected chi connectivity index (χ4v) is 1.12. The molecule has 2 rings (SSSR count). The van der Waals surface area contributed by atoms with Crippen LogP contribution in [0.2, 0.25) is 0 Å². The van der Waals surface area contributed by atoms with Gasteiger partial charge in [-0.15, -0.1) is 0 Å². The van der Waals surface area contributed by atoms with Crippen LogP contribution in [-0.2, 0) is 4.74 Å². The normalized spacial score (nSPS) is 21.6. The summed E-state index contributed by atoms with van der Waals surface area (Å²) in [5.41, 5.74) is 2.35. The Hall–Kier alpha value is -1.18. The molecule has 1 heterocycles. The van der Waals surface area contributed by atoms with Crippen molar-refractivity contribution in [1.29, 1.82) is 0 Å². The molecule has 52 valence electrons. The van der Waals surface area contributed by atoms with Crippen LogP contribution in [0.25, 0.3) is 0 Å². The summed E-state index contributed by atoms with van der Waals surface area (Å²) in [6.07, 6.45) is 9.17. The van der Waals surface area contributed by atoms with Gasteiger partial charge in [-0.05, 0) is 6.42 Å². The second-order valence-corrected chi connectivity index (χ2v) is 2.32. The molecule has 0 radical (unpaired) electrons. The van der Waals surface area contributed by atoms with Crippen molar-refractivity contribution in [3.63, 3.8) is 0 Å². The highest BCUT2D eigenvalue weighted by Gasteiger charge is 2.08. The van der Waals surface area contributed by atoms with Crippen molar-refractivity contribution in [3.8, 4) is 0 Å². The van der Waals surface area contributed by atoms with Gasteiger partial charge >= 0.3 is 0 Å². The van der Waals surface area contributed by atoms with Gasteiger partial charge in [0.15, 0.2) is 6.73 Å². The van der Waals surface area contributed by atoms with Gasteiger partial charge in [0.05, 0.1) is 6.26 Å². The van der Waals surface area contributed by atoms with Crippen molar-refractivity contribution in [2.24, 2.45) is 0 Å². The van der Waals surface area contributed by atoms with E-state index in [-0.39, 0.29) is 0 Å². The first kappa shape index (κ1) is 5.59. The molecule has 0 atom stereocenters. The van der Waals surface area contributed by atoms with Crippen LogP contribution >= 0.6 is 0 Å². The Morgan fingerprint density at radius 1 is 1.50 bits per heavy atom. The van der Waals surface area contributed by atoms with Gasteiger partial charge in [-0.3, -0.25) is 0 Å². The number of hydrogen-bond acceptors (Lipinski definition) is 2. The first-order chi connectivity index (χ1) is 4.97. The summed E-state index contributed by atoms with van der Waals surface area (Å²) < 4.78 is 5.07. The molecule has 0 spiro atoms. The quantitative estimate of drug-likeness (QED) is 0.540. The van der Waals surface area contributed by atoms with Crippen LogP contribution < -0.4 is 5.32 Å². The largest absolute Gasteiger partial charge is 0.480 e. The number of hydrogen-bond donors (Lipinski definition) is 1. The van der Waals surface area contributed by atoms with Gasteiger partial charge in [0.2, 0.25) is 0 Å². The van der Waals surface area contributed by atoms with Crippen molar-refractivity contribution in [2.45, 2.75) is 6.42 Å². The topological polar surface area (TPSA) is 21.3 Å². The maximum Gasteiger partial charge on any atom is 0.158 e. The minimum absolute atomic E-state index is 0.600. The van der Waals surface area contributed by atoms with Crippen LogP contribution in [-0.4, -0.2) is 6.73 Å². The summed E-state index contributed by atoms with van der Waals surface area (Å²) in [5.74, 6) is 0. The third-order valence-corrected chi connectivity index (χ3v) is 1.62. The summed E-state index contributed by atoms with van der Waals surface area (Å²) >= 11 is 0. The highest BCUT2D eigenvalue weighted by molar-refractivity contribution is 5.41. The van der Waals surface area contributed by atoms with Gasteiger partial charge in [-0.2, -0.15) is 0 Å². The molecule has 0 unspecified atom stereocenters. The number of nitrogens with one attached hydrogen (secondary N) is 1. The van der Waals surface area contributed by atoms with E-state index < -0.39 is 0 Å². The standard InChI is InChI=1S/C8H9NO/c1-2-4-8-7(3-1)5-10-6-9-8/h1,3-5,9H,2,6H2. The average Bonchev–Trinajstić information content (AvgIpc) is 2.05. The minimum Gasteiger partial charge on any atom is -0.480 e. The van der Waals surface area contributed by atoms with Gasteiger partial charge in [-0.1, -0.05) is 18.2 Å². The molecule has 0 saturated heterocycles. The predicted octanol–water partition coefficient (Wildman–Crippen LogP) is 1.29. The van der Waals surface area contributed by atoms with E-state index in [4.69, 9.17) is 4.74 Å². The van der Waals surface area contributed by atoms with E-state index >= 15 is 0 Å². The monoisotopic (exact) mass is 135 g/mol. The van der Waals surface area contributed by atoms with Gasteiger partial charge in [0.1, 0.15) is 0 Å². The molecular formula is C8H9NO. The summed E-state index contributed by atoms with van der Waals surface area (Å²) in [6, 6.07) is 0. The lowest BCUT2D eigenvalue weighted by molar-refractivity contribution is 0.220. The molecule has 1 N–H and O–H groups in total. The lowest BCUT2D eigenvalue weighted by Gasteiger charge is -2.19. The van der Waals surface area contributed by atoms with Crippen molar-refractivity contribution in [2.75, 3.05) is 6.73 Å². The summed E-state index contributed by atoms with van der Waals surface area (Å²) in [6.45, 7) is 0.600.